The van der Waals surface area contributed by atoms with Crippen LogP contribution in [0.2, 0.25) is 0 Å². The molecule has 2 aliphatic heterocycles. The zero-order chi connectivity index (χ0) is 17.4. The molecule has 2 aliphatic rings. The molecule has 1 atom stereocenters. The Kier molecular flexibility index (Phi) is 7.78. The third kappa shape index (κ3) is 5.94. The van der Waals surface area contributed by atoms with Crippen molar-refractivity contribution < 1.29 is 14.3 Å². The van der Waals surface area contributed by atoms with Gasteiger partial charge >= 0.3 is 0 Å². The molecule has 0 saturated carbocycles. The first-order valence-electron chi connectivity index (χ1n) is 9.06. The van der Waals surface area contributed by atoms with E-state index in [4.69, 9.17) is 9.47 Å². The Labute approximate surface area is 145 Å². The lowest BCUT2D eigenvalue weighted by Gasteiger charge is -2.34. The summed E-state index contributed by atoms with van der Waals surface area (Å²) < 4.78 is 11.6. The third-order valence-electron chi connectivity index (χ3n) is 4.48. The lowest BCUT2D eigenvalue weighted by molar-refractivity contribution is -0.127. The highest BCUT2D eigenvalue weighted by atomic mass is 16.5. The molecule has 0 bridgehead atoms. The van der Waals surface area contributed by atoms with Gasteiger partial charge in [0.15, 0.2) is 5.96 Å². The van der Waals surface area contributed by atoms with Crippen molar-refractivity contribution in [2.75, 3.05) is 53.5 Å². The van der Waals surface area contributed by atoms with E-state index in [-0.39, 0.29) is 12.5 Å². The molecule has 2 saturated heterocycles. The second kappa shape index (κ2) is 9.84. The number of rotatable bonds is 6. The molecule has 0 aliphatic carbocycles. The first kappa shape index (κ1) is 19.0. The van der Waals surface area contributed by atoms with Gasteiger partial charge in [0.1, 0.15) is 6.54 Å². The maximum Gasteiger partial charge on any atom is 0.243 e. The minimum atomic E-state index is 0.0141. The largest absolute Gasteiger partial charge is 0.376 e. The van der Waals surface area contributed by atoms with Crippen molar-refractivity contribution in [3.8, 4) is 0 Å². The number of amides is 1. The van der Waals surface area contributed by atoms with Crippen LogP contribution < -0.4 is 5.32 Å². The molecule has 0 spiro atoms. The number of nitrogens with one attached hydrogen (secondary N) is 1. The summed E-state index contributed by atoms with van der Waals surface area (Å²) in [5.74, 6) is 0.838. The van der Waals surface area contributed by atoms with Crippen LogP contribution in [0.3, 0.4) is 0 Å². The smallest absolute Gasteiger partial charge is 0.243 e. The van der Waals surface area contributed by atoms with Crippen LogP contribution in [0.5, 0.6) is 0 Å². The molecule has 138 valence electrons. The summed E-state index contributed by atoms with van der Waals surface area (Å²) in [7, 11) is 3.50. The Morgan fingerprint density at radius 2 is 2.08 bits per heavy atom. The normalized spacial score (nSPS) is 22.7. The van der Waals surface area contributed by atoms with Gasteiger partial charge in [0, 0.05) is 40.3 Å². The molecule has 1 unspecified atom stereocenters. The number of hydrogen-bond donors (Lipinski definition) is 1. The molecule has 2 fully saturated rings. The van der Waals surface area contributed by atoms with Crippen molar-refractivity contribution >= 4 is 11.9 Å². The predicted molar refractivity (Wildman–Crippen MR) is 94.2 cm³/mol. The molecule has 2 heterocycles. The molecule has 7 nitrogen and oxygen atoms in total. The van der Waals surface area contributed by atoms with Crippen LogP contribution in [0.4, 0.5) is 0 Å². The highest BCUT2D eigenvalue weighted by Crippen LogP contribution is 2.17. The molecule has 7 heteroatoms. The number of ether oxygens (including phenoxy) is 2. The second-order valence-electron chi connectivity index (χ2n) is 6.61. The molecule has 0 aromatic rings. The van der Waals surface area contributed by atoms with E-state index in [0.717, 1.165) is 64.5 Å². The van der Waals surface area contributed by atoms with Crippen LogP contribution in [0.25, 0.3) is 0 Å². The van der Waals surface area contributed by atoms with Crippen molar-refractivity contribution in [3.63, 3.8) is 0 Å². The Bertz CT molecular complexity index is 414. The summed E-state index contributed by atoms with van der Waals surface area (Å²) in [4.78, 5) is 20.0. The van der Waals surface area contributed by atoms with E-state index in [0.29, 0.717) is 12.2 Å². The quantitative estimate of drug-likeness (QED) is 0.569. The van der Waals surface area contributed by atoms with Gasteiger partial charge in [-0.1, -0.05) is 0 Å². The van der Waals surface area contributed by atoms with E-state index in [1.54, 1.807) is 19.0 Å². The van der Waals surface area contributed by atoms with Crippen LogP contribution >= 0.6 is 0 Å². The minimum Gasteiger partial charge on any atom is -0.376 e. The topological polar surface area (TPSA) is 66.4 Å². The van der Waals surface area contributed by atoms with Crippen molar-refractivity contribution in [1.29, 1.82) is 0 Å². The summed E-state index contributed by atoms with van der Waals surface area (Å²) >= 11 is 0. The van der Waals surface area contributed by atoms with Gasteiger partial charge in [-0.3, -0.25) is 4.79 Å². The van der Waals surface area contributed by atoms with Crippen molar-refractivity contribution in [3.05, 3.63) is 0 Å². The van der Waals surface area contributed by atoms with Gasteiger partial charge in [-0.2, -0.15) is 0 Å². The number of hydrogen-bond acceptors (Lipinski definition) is 4. The zero-order valence-electron chi connectivity index (χ0n) is 15.3. The fourth-order valence-corrected chi connectivity index (χ4v) is 2.96. The molecule has 1 amide bonds. The average molecular weight is 340 g/mol. The highest BCUT2D eigenvalue weighted by molar-refractivity contribution is 5.84. The minimum absolute atomic E-state index is 0.0141. The second-order valence-corrected chi connectivity index (χ2v) is 6.61. The van der Waals surface area contributed by atoms with Crippen molar-refractivity contribution in [2.24, 2.45) is 4.99 Å². The lowest BCUT2D eigenvalue weighted by Crippen LogP contribution is -2.47. The molecule has 0 radical (unpaired) electrons. The summed E-state index contributed by atoms with van der Waals surface area (Å²) in [6.07, 6.45) is 4.84. The number of carbonyl (C=O) groups is 1. The molecule has 2 rings (SSSR count). The lowest BCUT2D eigenvalue weighted by atomic mass is 10.1. The number of likely N-dealkylation sites (N-methyl/N-ethyl adjacent to an activating group) is 1. The Balaban J connectivity index is 1.76. The van der Waals surface area contributed by atoms with Crippen molar-refractivity contribution in [1.82, 2.24) is 15.1 Å². The SMILES string of the molecule is CCNC(=NCC(=O)N(C)C)N1CCC(OCC2CCCO2)CC1. The van der Waals surface area contributed by atoms with E-state index >= 15 is 0 Å². The van der Waals surface area contributed by atoms with E-state index in [2.05, 4.69) is 15.2 Å². The van der Waals surface area contributed by atoms with Gasteiger partial charge in [0.05, 0.1) is 18.8 Å². The van der Waals surface area contributed by atoms with E-state index in [9.17, 15) is 4.79 Å². The van der Waals surface area contributed by atoms with E-state index < -0.39 is 0 Å². The van der Waals surface area contributed by atoms with Gasteiger partial charge in [0.25, 0.3) is 0 Å². The van der Waals surface area contributed by atoms with E-state index in [1.807, 2.05) is 6.92 Å². The monoisotopic (exact) mass is 340 g/mol. The third-order valence-corrected chi connectivity index (χ3v) is 4.48. The summed E-state index contributed by atoms with van der Waals surface area (Å²) in [5, 5.41) is 3.28. The fraction of sp³-hybridized carbons (Fsp3) is 0.882. The Hall–Kier alpha value is -1.34. The highest BCUT2D eigenvalue weighted by Gasteiger charge is 2.24. The molecule has 0 aromatic heterocycles. The van der Waals surface area contributed by atoms with E-state index in [1.165, 1.54) is 0 Å². The Morgan fingerprint density at radius 3 is 2.67 bits per heavy atom. The van der Waals surface area contributed by atoms with Crippen LogP contribution in [0, 0.1) is 0 Å². The molecule has 24 heavy (non-hydrogen) atoms. The summed E-state index contributed by atoms with van der Waals surface area (Å²) in [5.41, 5.74) is 0. The summed E-state index contributed by atoms with van der Waals surface area (Å²) in [6, 6.07) is 0. The summed E-state index contributed by atoms with van der Waals surface area (Å²) in [6.45, 7) is 6.42. The maximum absolute atomic E-state index is 11.7. The fourth-order valence-electron chi connectivity index (χ4n) is 2.96. The number of guanidine groups is 1. The van der Waals surface area contributed by atoms with Crippen LogP contribution in [0.15, 0.2) is 4.99 Å². The van der Waals surface area contributed by atoms with Crippen LogP contribution in [-0.2, 0) is 14.3 Å². The van der Waals surface area contributed by atoms with Crippen molar-refractivity contribution in [2.45, 2.75) is 44.8 Å². The molecule has 1 N–H and O–H groups in total. The number of carbonyl (C=O) groups excluding carboxylic acids is 1. The van der Waals surface area contributed by atoms with Crippen LogP contribution in [-0.4, -0.2) is 87.4 Å². The number of piperidine rings is 1. The van der Waals surface area contributed by atoms with Gasteiger partial charge in [-0.15, -0.1) is 0 Å². The number of likely N-dealkylation sites (tertiary alicyclic amines) is 1. The van der Waals surface area contributed by atoms with Crippen LogP contribution in [0.1, 0.15) is 32.6 Å². The standard InChI is InChI=1S/C17H32N4O3/c1-4-18-17(19-12-16(22)20(2)3)21-9-7-14(8-10-21)24-13-15-6-5-11-23-15/h14-15H,4-13H2,1-3H3,(H,18,19). The maximum atomic E-state index is 11.7. The molecular weight excluding hydrogens is 308 g/mol. The first-order valence-corrected chi connectivity index (χ1v) is 9.06. The Morgan fingerprint density at radius 1 is 1.33 bits per heavy atom. The molecule has 0 aromatic carbocycles. The van der Waals surface area contributed by atoms with Gasteiger partial charge < -0.3 is 24.6 Å². The molecular formula is C17H32N4O3. The predicted octanol–water partition coefficient (Wildman–Crippen LogP) is 0.700. The number of nitrogens with zero attached hydrogens (tertiary/aromatic N) is 3. The number of aliphatic imine (C=N–C) groups is 1. The van der Waals surface area contributed by atoms with Gasteiger partial charge in [-0.05, 0) is 32.6 Å². The first-order chi connectivity index (χ1) is 11.6. The van der Waals surface area contributed by atoms with Gasteiger partial charge in [-0.25, -0.2) is 4.99 Å². The van der Waals surface area contributed by atoms with Gasteiger partial charge in [0.2, 0.25) is 5.91 Å². The zero-order valence-corrected chi connectivity index (χ0v) is 15.3. The average Bonchev–Trinajstić information content (AvgIpc) is 3.10.